The molecular weight excluding hydrogens is 230 g/mol. The molecule has 2 N–H and O–H groups in total. The number of nitrogens with zero attached hydrogens (tertiary/aromatic N) is 1. The van der Waals surface area contributed by atoms with Crippen LogP contribution in [-0.4, -0.2) is 29.9 Å². The first-order valence-electron chi connectivity index (χ1n) is 6.04. The Bertz CT molecular complexity index is 390. The third kappa shape index (κ3) is 5.43. The van der Waals surface area contributed by atoms with Gasteiger partial charge < -0.3 is 10.6 Å². The van der Waals surface area contributed by atoms with Crippen LogP contribution in [0.5, 0.6) is 0 Å². The topological polar surface area (TPSA) is 71.1 Å². The third-order valence-corrected chi connectivity index (χ3v) is 2.27. The molecular formula is C13H19N3O2. The summed E-state index contributed by atoms with van der Waals surface area (Å²) in [6.45, 7) is 4.85. The minimum absolute atomic E-state index is 0.0168. The predicted octanol–water partition coefficient (Wildman–Crippen LogP) is 0.974. The van der Waals surface area contributed by atoms with Gasteiger partial charge in [0.25, 0.3) is 5.91 Å². The van der Waals surface area contributed by atoms with E-state index in [1.807, 2.05) is 13.8 Å². The molecule has 98 valence electrons. The van der Waals surface area contributed by atoms with Crippen molar-refractivity contribution in [2.75, 3.05) is 13.1 Å². The molecule has 0 aliphatic carbocycles. The van der Waals surface area contributed by atoms with E-state index in [0.29, 0.717) is 31.0 Å². The summed E-state index contributed by atoms with van der Waals surface area (Å²) >= 11 is 0. The lowest BCUT2D eigenvalue weighted by Crippen LogP contribution is -2.35. The number of nitrogens with one attached hydrogen (secondary N) is 2. The van der Waals surface area contributed by atoms with E-state index in [0.717, 1.165) is 0 Å². The molecule has 0 atom stereocenters. The van der Waals surface area contributed by atoms with Gasteiger partial charge in [0.1, 0.15) is 0 Å². The summed E-state index contributed by atoms with van der Waals surface area (Å²) in [5.41, 5.74) is 0.568. The van der Waals surface area contributed by atoms with Crippen molar-refractivity contribution in [2.45, 2.75) is 20.3 Å². The van der Waals surface area contributed by atoms with Gasteiger partial charge in [-0.1, -0.05) is 13.8 Å². The van der Waals surface area contributed by atoms with E-state index in [9.17, 15) is 9.59 Å². The Balaban J connectivity index is 2.19. The lowest BCUT2D eigenvalue weighted by atomic mass is 10.1. The van der Waals surface area contributed by atoms with E-state index in [1.54, 1.807) is 24.5 Å². The zero-order valence-corrected chi connectivity index (χ0v) is 10.8. The summed E-state index contributed by atoms with van der Waals surface area (Å²) < 4.78 is 0. The fourth-order valence-corrected chi connectivity index (χ4v) is 1.43. The first kappa shape index (κ1) is 14.2. The monoisotopic (exact) mass is 249 g/mol. The molecule has 2 amide bonds. The highest BCUT2D eigenvalue weighted by molar-refractivity contribution is 5.93. The Morgan fingerprint density at radius 2 is 1.78 bits per heavy atom. The Morgan fingerprint density at radius 3 is 2.39 bits per heavy atom. The lowest BCUT2D eigenvalue weighted by molar-refractivity contribution is -0.121. The van der Waals surface area contributed by atoms with E-state index >= 15 is 0 Å². The van der Waals surface area contributed by atoms with Gasteiger partial charge in [-0.05, 0) is 18.1 Å². The average Bonchev–Trinajstić information content (AvgIpc) is 2.34. The number of carbonyl (C=O) groups is 2. The van der Waals surface area contributed by atoms with E-state index in [-0.39, 0.29) is 11.8 Å². The highest BCUT2D eigenvalue weighted by Crippen LogP contribution is 1.97. The molecule has 1 heterocycles. The second-order valence-corrected chi connectivity index (χ2v) is 4.44. The Hall–Kier alpha value is -1.91. The number of aromatic nitrogens is 1. The summed E-state index contributed by atoms with van der Waals surface area (Å²) in [5, 5.41) is 5.48. The Kier molecular flexibility index (Phi) is 5.84. The van der Waals surface area contributed by atoms with Crippen LogP contribution in [0.1, 0.15) is 30.6 Å². The van der Waals surface area contributed by atoms with Crippen molar-refractivity contribution < 1.29 is 9.59 Å². The van der Waals surface area contributed by atoms with Gasteiger partial charge in [-0.2, -0.15) is 0 Å². The molecule has 5 nitrogen and oxygen atoms in total. The van der Waals surface area contributed by atoms with Crippen molar-refractivity contribution in [1.29, 1.82) is 0 Å². The smallest absolute Gasteiger partial charge is 0.251 e. The van der Waals surface area contributed by atoms with Crippen LogP contribution >= 0.6 is 0 Å². The molecule has 18 heavy (non-hydrogen) atoms. The molecule has 0 aliphatic rings. The van der Waals surface area contributed by atoms with Gasteiger partial charge in [0.15, 0.2) is 0 Å². The van der Waals surface area contributed by atoms with Crippen LogP contribution in [0, 0.1) is 5.92 Å². The molecule has 0 saturated heterocycles. The molecule has 0 saturated carbocycles. The van der Waals surface area contributed by atoms with E-state index in [2.05, 4.69) is 15.6 Å². The molecule has 5 heteroatoms. The van der Waals surface area contributed by atoms with Gasteiger partial charge in [-0.25, -0.2) is 0 Å². The number of pyridine rings is 1. The van der Waals surface area contributed by atoms with Gasteiger partial charge in [-0.15, -0.1) is 0 Å². The fourth-order valence-electron chi connectivity index (χ4n) is 1.43. The Morgan fingerprint density at radius 1 is 1.17 bits per heavy atom. The maximum absolute atomic E-state index is 11.6. The van der Waals surface area contributed by atoms with Gasteiger partial charge in [0.05, 0.1) is 0 Å². The second kappa shape index (κ2) is 7.42. The standard InChI is InChI=1S/C13H19N3O2/c1-10(2)9-12(17)15-7-8-16-13(18)11-3-5-14-6-4-11/h3-6,10H,7-9H2,1-2H3,(H,15,17)(H,16,18). The quantitative estimate of drug-likeness (QED) is 0.738. The van der Waals surface area contributed by atoms with E-state index in [4.69, 9.17) is 0 Å². The van der Waals surface area contributed by atoms with Crippen molar-refractivity contribution in [3.63, 3.8) is 0 Å². The molecule has 0 aliphatic heterocycles. The van der Waals surface area contributed by atoms with Crippen LogP contribution in [0.3, 0.4) is 0 Å². The molecule has 0 spiro atoms. The van der Waals surface area contributed by atoms with Crippen LogP contribution in [0.15, 0.2) is 24.5 Å². The number of amides is 2. The molecule has 0 radical (unpaired) electrons. The van der Waals surface area contributed by atoms with Crippen molar-refractivity contribution in [2.24, 2.45) is 5.92 Å². The molecule has 0 aromatic carbocycles. The molecule has 1 rings (SSSR count). The highest BCUT2D eigenvalue weighted by atomic mass is 16.2. The summed E-state index contributed by atoms with van der Waals surface area (Å²) in [5.74, 6) is 0.204. The second-order valence-electron chi connectivity index (χ2n) is 4.44. The molecule has 1 aromatic rings. The van der Waals surface area contributed by atoms with Gasteiger partial charge in [0, 0.05) is 37.5 Å². The van der Waals surface area contributed by atoms with E-state index in [1.165, 1.54) is 0 Å². The fraction of sp³-hybridized carbons (Fsp3) is 0.462. The number of carbonyl (C=O) groups excluding carboxylic acids is 2. The van der Waals surface area contributed by atoms with Crippen molar-refractivity contribution in [1.82, 2.24) is 15.6 Å². The maximum Gasteiger partial charge on any atom is 0.251 e. The first-order valence-corrected chi connectivity index (χ1v) is 6.04. The van der Waals surface area contributed by atoms with Gasteiger partial charge in [0.2, 0.25) is 5.91 Å². The maximum atomic E-state index is 11.6. The van der Waals surface area contributed by atoms with Gasteiger partial charge >= 0.3 is 0 Å². The minimum Gasteiger partial charge on any atom is -0.354 e. The minimum atomic E-state index is -0.157. The summed E-state index contributed by atoms with van der Waals surface area (Å²) in [4.78, 5) is 26.8. The first-order chi connectivity index (χ1) is 8.59. The van der Waals surface area contributed by atoms with Crippen LogP contribution in [-0.2, 0) is 4.79 Å². The molecule has 0 bridgehead atoms. The highest BCUT2D eigenvalue weighted by Gasteiger charge is 2.05. The largest absolute Gasteiger partial charge is 0.354 e. The normalized spacial score (nSPS) is 10.2. The number of rotatable bonds is 6. The Labute approximate surface area is 107 Å². The van der Waals surface area contributed by atoms with E-state index < -0.39 is 0 Å². The molecule has 0 unspecified atom stereocenters. The average molecular weight is 249 g/mol. The lowest BCUT2D eigenvalue weighted by Gasteiger charge is -2.08. The third-order valence-electron chi connectivity index (χ3n) is 2.27. The van der Waals surface area contributed by atoms with Gasteiger partial charge in [-0.3, -0.25) is 14.6 Å². The zero-order chi connectivity index (χ0) is 13.4. The zero-order valence-electron chi connectivity index (χ0n) is 10.8. The van der Waals surface area contributed by atoms with Crippen LogP contribution in [0.2, 0.25) is 0 Å². The van der Waals surface area contributed by atoms with Crippen LogP contribution in [0.4, 0.5) is 0 Å². The summed E-state index contributed by atoms with van der Waals surface area (Å²) in [7, 11) is 0. The number of hydrogen-bond donors (Lipinski definition) is 2. The van der Waals surface area contributed by atoms with Crippen LogP contribution < -0.4 is 10.6 Å². The molecule has 1 aromatic heterocycles. The SMILES string of the molecule is CC(C)CC(=O)NCCNC(=O)c1ccncc1. The van der Waals surface area contributed by atoms with Crippen molar-refractivity contribution in [3.05, 3.63) is 30.1 Å². The van der Waals surface area contributed by atoms with Crippen molar-refractivity contribution >= 4 is 11.8 Å². The predicted molar refractivity (Wildman–Crippen MR) is 69.0 cm³/mol. The summed E-state index contributed by atoms with van der Waals surface area (Å²) in [6.07, 6.45) is 3.65. The van der Waals surface area contributed by atoms with Crippen LogP contribution in [0.25, 0.3) is 0 Å². The molecule has 0 fully saturated rings. The number of hydrogen-bond acceptors (Lipinski definition) is 3. The van der Waals surface area contributed by atoms with Crippen molar-refractivity contribution in [3.8, 4) is 0 Å². The summed E-state index contributed by atoms with van der Waals surface area (Å²) in [6, 6.07) is 3.29.